The molecule has 0 aromatic rings. The molecule has 3 heteroatoms. The molecular formula is C25H48O2Si. The lowest BCUT2D eigenvalue weighted by Gasteiger charge is -2.50. The Morgan fingerprint density at radius 1 is 1.25 bits per heavy atom. The molecule has 1 N–H and O–H groups in total. The summed E-state index contributed by atoms with van der Waals surface area (Å²) in [5.41, 5.74) is 1.81. The van der Waals surface area contributed by atoms with E-state index in [0.29, 0.717) is 16.6 Å². The van der Waals surface area contributed by atoms with Crippen LogP contribution in [0.5, 0.6) is 0 Å². The molecule has 164 valence electrons. The van der Waals surface area contributed by atoms with Crippen LogP contribution in [0.1, 0.15) is 92.9 Å². The Balaban J connectivity index is 2.01. The second kappa shape index (κ2) is 9.35. The summed E-state index contributed by atoms with van der Waals surface area (Å²) in [6.45, 7) is 19.4. The van der Waals surface area contributed by atoms with E-state index in [1.165, 1.54) is 50.5 Å². The SMILES string of the molecule is C/C(=C\CO)CCC[C@@H](C)[C@H]1CC[C@H]2[C@@H](O[Si](C)(C)C(C)(C)C)CCC[C@]12C. The molecule has 0 amide bonds. The van der Waals surface area contributed by atoms with Gasteiger partial charge in [-0.3, -0.25) is 0 Å². The smallest absolute Gasteiger partial charge is 0.192 e. The largest absolute Gasteiger partial charge is 0.414 e. The van der Waals surface area contributed by atoms with Gasteiger partial charge in [-0.1, -0.05) is 59.1 Å². The van der Waals surface area contributed by atoms with Crippen LogP contribution in [0.2, 0.25) is 18.1 Å². The first-order chi connectivity index (χ1) is 12.9. The first-order valence-electron chi connectivity index (χ1n) is 11.9. The van der Waals surface area contributed by atoms with Crippen LogP contribution in [-0.4, -0.2) is 26.1 Å². The zero-order chi connectivity index (χ0) is 21.2. The summed E-state index contributed by atoms with van der Waals surface area (Å²) in [5.74, 6) is 2.41. The first-order valence-corrected chi connectivity index (χ1v) is 14.8. The van der Waals surface area contributed by atoms with Crippen LogP contribution in [0.4, 0.5) is 0 Å². The molecule has 0 bridgehead atoms. The number of hydrogen-bond acceptors (Lipinski definition) is 2. The van der Waals surface area contributed by atoms with Crippen molar-refractivity contribution in [2.75, 3.05) is 6.61 Å². The van der Waals surface area contributed by atoms with Crippen molar-refractivity contribution in [3.8, 4) is 0 Å². The average Bonchev–Trinajstić information content (AvgIpc) is 2.92. The van der Waals surface area contributed by atoms with E-state index in [2.05, 4.69) is 54.6 Å². The van der Waals surface area contributed by atoms with Gasteiger partial charge in [0.2, 0.25) is 0 Å². The van der Waals surface area contributed by atoms with Crippen LogP contribution < -0.4 is 0 Å². The van der Waals surface area contributed by atoms with Crippen LogP contribution >= 0.6 is 0 Å². The molecule has 2 aliphatic carbocycles. The van der Waals surface area contributed by atoms with Gasteiger partial charge >= 0.3 is 0 Å². The predicted molar refractivity (Wildman–Crippen MR) is 124 cm³/mol. The van der Waals surface area contributed by atoms with E-state index in [4.69, 9.17) is 9.53 Å². The predicted octanol–water partition coefficient (Wildman–Crippen LogP) is 7.34. The zero-order valence-electron chi connectivity index (χ0n) is 20.1. The molecule has 2 nitrogen and oxygen atoms in total. The number of aliphatic hydroxyl groups is 1. The van der Waals surface area contributed by atoms with Gasteiger partial charge in [0, 0.05) is 6.10 Å². The highest BCUT2D eigenvalue weighted by Gasteiger charge is 2.54. The molecular weight excluding hydrogens is 360 g/mol. The molecule has 0 unspecified atom stereocenters. The maximum absolute atomic E-state index is 9.05. The van der Waals surface area contributed by atoms with Crippen molar-refractivity contribution in [1.29, 1.82) is 0 Å². The summed E-state index contributed by atoms with van der Waals surface area (Å²) >= 11 is 0. The molecule has 0 aliphatic heterocycles. The summed E-state index contributed by atoms with van der Waals surface area (Å²) in [4.78, 5) is 0. The topological polar surface area (TPSA) is 29.5 Å². The molecule has 0 spiro atoms. The lowest BCUT2D eigenvalue weighted by atomic mass is 9.61. The molecule has 0 aromatic heterocycles. The van der Waals surface area contributed by atoms with Crippen molar-refractivity contribution >= 4 is 8.32 Å². The van der Waals surface area contributed by atoms with Gasteiger partial charge in [-0.05, 0) is 86.7 Å². The Morgan fingerprint density at radius 3 is 2.54 bits per heavy atom. The van der Waals surface area contributed by atoms with E-state index in [1.54, 1.807) is 0 Å². The fourth-order valence-corrected chi connectivity index (χ4v) is 7.35. The summed E-state index contributed by atoms with van der Waals surface area (Å²) in [5, 5.41) is 9.35. The lowest BCUT2D eigenvalue weighted by molar-refractivity contribution is -0.0212. The Labute approximate surface area is 176 Å². The normalized spacial score (nSPS) is 33.0. The van der Waals surface area contributed by atoms with Gasteiger partial charge < -0.3 is 9.53 Å². The fraction of sp³-hybridized carbons (Fsp3) is 0.920. The minimum absolute atomic E-state index is 0.180. The summed E-state index contributed by atoms with van der Waals surface area (Å²) < 4.78 is 7.00. The van der Waals surface area contributed by atoms with Gasteiger partial charge in [-0.15, -0.1) is 0 Å². The maximum atomic E-state index is 9.05. The molecule has 0 saturated heterocycles. The van der Waals surface area contributed by atoms with Crippen LogP contribution in [0.25, 0.3) is 0 Å². The van der Waals surface area contributed by atoms with Crippen LogP contribution in [0.15, 0.2) is 11.6 Å². The van der Waals surface area contributed by atoms with Gasteiger partial charge in [0.1, 0.15) is 0 Å². The first kappa shape index (κ1) is 24.1. The third kappa shape index (κ3) is 5.32. The van der Waals surface area contributed by atoms with Crippen LogP contribution in [0, 0.1) is 23.2 Å². The van der Waals surface area contributed by atoms with Crippen molar-refractivity contribution in [2.24, 2.45) is 23.2 Å². The molecule has 28 heavy (non-hydrogen) atoms. The molecule has 2 rings (SSSR count). The van der Waals surface area contributed by atoms with Crippen molar-refractivity contribution in [1.82, 2.24) is 0 Å². The second-order valence-electron chi connectivity index (χ2n) is 11.7. The highest BCUT2D eigenvalue weighted by molar-refractivity contribution is 6.74. The van der Waals surface area contributed by atoms with Gasteiger partial charge in [-0.25, -0.2) is 0 Å². The van der Waals surface area contributed by atoms with Gasteiger partial charge in [-0.2, -0.15) is 0 Å². The van der Waals surface area contributed by atoms with Crippen LogP contribution in [0.3, 0.4) is 0 Å². The minimum Gasteiger partial charge on any atom is -0.414 e. The number of rotatable bonds is 8. The molecule has 2 fully saturated rings. The quantitative estimate of drug-likeness (QED) is 0.336. The Morgan fingerprint density at radius 2 is 1.93 bits per heavy atom. The lowest BCUT2D eigenvalue weighted by Crippen LogP contribution is -2.50. The summed E-state index contributed by atoms with van der Waals surface area (Å²) in [6, 6.07) is 0. The zero-order valence-corrected chi connectivity index (χ0v) is 21.1. The molecule has 0 radical (unpaired) electrons. The average molecular weight is 409 g/mol. The molecule has 5 atom stereocenters. The third-order valence-corrected chi connectivity index (χ3v) is 13.2. The Kier molecular flexibility index (Phi) is 8.06. The monoisotopic (exact) mass is 408 g/mol. The summed E-state index contributed by atoms with van der Waals surface area (Å²) in [7, 11) is -1.70. The van der Waals surface area contributed by atoms with Crippen molar-refractivity contribution in [2.45, 2.75) is 117 Å². The minimum atomic E-state index is -1.70. The maximum Gasteiger partial charge on any atom is 0.192 e. The van der Waals surface area contributed by atoms with Gasteiger partial charge in [0.15, 0.2) is 8.32 Å². The van der Waals surface area contributed by atoms with Crippen molar-refractivity contribution in [3.63, 3.8) is 0 Å². The van der Waals surface area contributed by atoms with Crippen LogP contribution in [-0.2, 0) is 4.43 Å². The van der Waals surface area contributed by atoms with E-state index in [9.17, 15) is 0 Å². The summed E-state index contributed by atoms with van der Waals surface area (Å²) in [6.07, 6.45) is 12.9. The molecule has 2 saturated carbocycles. The second-order valence-corrected chi connectivity index (χ2v) is 16.5. The third-order valence-electron chi connectivity index (χ3n) is 8.75. The highest BCUT2D eigenvalue weighted by Crippen LogP contribution is 2.59. The van der Waals surface area contributed by atoms with Crippen molar-refractivity contribution in [3.05, 3.63) is 11.6 Å². The number of allylic oxidation sites excluding steroid dienone is 1. The van der Waals surface area contributed by atoms with Crippen molar-refractivity contribution < 1.29 is 9.53 Å². The van der Waals surface area contributed by atoms with E-state index in [-0.39, 0.29) is 6.61 Å². The number of hydrogen-bond donors (Lipinski definition) is 1. The molecule has 0 heterocycles. The van der Waals surface area contributed by atoms with Gasteiger partial charge in [0.05, 0.1) is 6.61 Å². The van der Waals surface area contributed by atoms with E-state index < -0.39 is 8.32 Å². The highest BCUT2D eigenvalue weighted by atomic mass is 28.4. The van der Waals surface area contributed by atoms with E-state index in [1.807, 2.05) is 6.08 Å². The van der Waals surface area contributed by atoms with E-state index >= 15 is 0 Å². The molecule has 0 aromatic carbocycles. The Bertz CT molecular complexity index is 533. The Hall–Kier alpha value is -0.123. The standard InChI is InChI=1S/C25H48O2Si/c1-19(16-18-26)11-9-12-20(2)21-14-15-22-23(13-10-17-25(21,22)6)27-28(7,8)24(3,4)5/h16,20-23,26H,9-15,17-18H2,1-8H3/b19-16+/t20-,21-,22+,23+,25-/m1/s1. The van der Waals surface area contributed by atoms with E-state index in [0.717, 1.165) is 24.2 Å². The molecule has 2 aliphatic rings. The fourth-order valence-electron chi connectivity index (χ4n) is 5.95. The number of aliphatic hydroxyl groups excluding tert-OH is 1. The number of fused-ring (bicyclic) bond motifs is 1. The van der Waals surface area contributed by atoms with Gasteiger partial charge in [0.25, 0.3) is 0 Å².